The number of ketones is 2. The summed E-state index contributed by atoms with van der Waals surface area (Å²) < 4.78 is 0. The number of hydrogen-bond donors (Lipinski definition) is 1. The molecule has 4 heteroatoms. The molecule has 0 unspecified atom stereocenters. The number of rotatable bonds is 3. The van der Waals surface area contributed by atoms with Crippen LogP contribution >= 0.6 is 0 Å². The molecule has 0 amide bonds. The van der Waals surface area contributed by atoms with Gasteiger partial charge in [-0.2, -0.15) is 0 Å². The molecular weight excluding hydrogens is 398 g/mol. The number of carbonyl (C=O) groups is 2. The highest BCUT2D eigenvalue weighted by molar-refractivity contribution is 5.93. The topological polar surface area (TPSA) is 57.6 Å². The quantitative estimate of drug-likeness (QED) is 0.731. The molecule has 0 bridgehead atoms. The van der Waals surface area contributed by atoms with E-state index in [4.69, 9.17) is 0 Å². The number of Topliss-reactive ketones (excluding diaryl/α,β-unsaturated/α-hetero) is 1. The number of nitrogens with zero attached hydrogens (tertiary/aromatic N) is 1. The lowest BCUT2D eigenvalue weighted by Crippen LogP contribution is -2.55. The van der Waals surface area contributed by atoms with E-state index in [9.17, 15) is 14.7 Å². The van der Waals surface area contributed by atoms with Gasteiger partial charge in [-0.3, -0.25) is 9.59 Å². The highest BCUT2D eigenvalue weighted by Crippen LogP contribution is 2.66. The normalized spacial score (nSPS) is 36.2. The van der Waals surface area contributed by atoms with E-state index in [1.807, 2.05) is 20.2 Å². The van der Waals surface area contributed by atoms with Gasteiger partial charge in [0.15, 0.2) is 11.6 Å². The molecule has 4 nitrogen and oxygen atoms in total. The number of fused-ring (bicyclic) bond motifs is 4. The Hall–Kier alpha value is -2.20. The van der Waals surface area contributed by atoms with Crippen LogP contribution in [0, 0.1) is 17.3 Å². The molecule has 5 rings (SSSR count). The monoisotopic (exact) mass is 433 g/mol. The number of aliphatic hydroxyl groups is 1. The first-order valence-electron chi connectivity index (χ1n) is 12.1. The van der Waals surface area contributed by atoms with Crippen LogP contribution in [0.2, 0.25) is 0 Å². The van der Waals surface area contributed by atoms with Crippen molar-refractivity contribution in [1.82, 2.24) is 0 Å². The zero-order valence-electron chi connectivity index (χ0n) is 19.8. The van der Waals surface area contributed by atoms with Crippen LogP contribution in [0.15, 0.2) is 47.1 Å². The lowest BCUT2D eigenvalue weighted by atomic mass is 9.51. The van der Waals surface area contributed by atoms with E-state index in [2.05, 4.69) is 36.1 Å². The Morgan fingerprint density at radius 3 is 2.47 bits per heavy atom. The molecule has 1 N–H and O–H groups in total. The number of anilines is 1. The van der Waals surface area contributed by atoms with E-state index in [1.54, 1.807) is 6.92 Å². The van der Waals surface area contributed by atoms with Gasteiger partial charge in [-0.25, -0.2) is 0 Å². The molecule has 4 aliphatic rings. The van der Waals surface area contributed by atoms with Crippen molar-refractivity contribution in [1.29, 1.82) is 0 Å². The second-order valence-corrected chi connectivity index (χ2v) is 10.9. The van der Waals surface area contributed by atoms with Crippen LogP contribution in [0.4, 0.5) is 5.69 Å². The van der Waals surface area contributed by atoms with E-state index in [0.717, 1.165) is 37.8 Å². The van der Waals surface area contributed by atoms with Crippen LogP contribution in [0.3, 0.4) is 0 Å². The first kappa shape index (κ1) is 21.6. The van der Waals surface area contributed by atoms with Crippen molar-refractivity contribution in [2.45, 2.75) is 70.3 Å². The number of allylic oxidation sites excluding steroid dienone is 4. The first-order chi connectivity index (χ1) is 15.2. The third-order valence-electron chi connectivity index (χ3n) is 9.28. The summed E-state index contributed by atoms with van der Waals surface area (Å²) in [6.07, 6.45) is 7.53. The van der Waals surface area contributed by atoms with Gasteiger partial charge in [-0.1, -0.05) is 24.6 Å². The average Bonchev–Trinajstić information content (AvgIpc) is 3.04. The molecule has 170 valence electrons. The second-order valence-electron chi connectivity index (χ2n) is 10.9. The molecule has 0 spiro atoms. The molecule has 0 aliphatic heterocycles. The van der Waals surface area contributed by atoms with Gasteiger partial charge in [-0.05, 0) is 92.2 Å². The Labute approximate surface area is 191 Å². The van der Waals surface area contributed by atoms with Crippen molar-refractivity contribution in [3.8, 4) is 0 Å². The third kappa shape index (κ3) is 2.98. The fraction of sp³-hybridized carbons (Fsp3) is 0.571. The van der Waals surface area contributed by atoms with Crippen LogP contribution < -0.4 is 4.90 Å². The van der Waals surface area contributed by atoms with Gasteiger partial charge in [0, 0.05) is 37.5 Å². The van der Waals surface area contributed by atoms with Crippen LogP contribution in [-0.4, -0.2) is 36.4 Å². The van der Waals surface area contributed by atoms with Crippen LogP contribution in [0.25, 0.3) is 0 Å². The standard InChI is InChI=1S/C28H35NO3/c1-17(30)28(32)14-13-25-23-11-7-19-15-21(31)10-12-22(19)26(23)24(16-27(25,28)2)18-5-8-20(9-6-18)29(3)4/h5-6,8-9,15,23-25,32H,7,10-14,16H2,1-4H3/t23-,24+,25-,27-,28+/m0/s1. The molecule has 4 aliphatic carbocycles. The summed E-state index contributed by atoms with van der Waals surface area (Å²) in [5, 5.41) is 11.6. The summed E-state index contributed by atoms with van der Waals surface area (Å²) in [5.41, 5.74) is 4.91. The maximum atomic E-state index is 12.7. The zero-order chi connectivity index (χ0) is 22.8. The summed E-state index contributed by atoms with van der Waals surface area (Å²) in [6.45, 7) is 3.74. The van der Waals surface area contributed by atoms with Crippen molar-refractivity contribution in [3.05, 3.63) is 52.6 Å². The molecule has 0 heterocycles. The molecule has 1 aromatic carbocycles. The summed E-state index contributed by atoms with van der Waals surface area (Å²) >= 11 is 0. The van der Waals surface area contributed by atoms with Crippen molar-refractivity contribution in [2.24, 2.45) is 17.3 Å². The highest BCUT2D eigenvalue weighted by atomic mass is 16.3. The minimum absolute atomic E-state index is 0.0834. The summed E-state index contributed by atoms with van der Waals surface area (Å²) in [5.74, 6) is 1.03. The second kappa shape index (κ2) is 7.41. The van der Waals surface area contributed by atoms with E-state index < -0.39 is 11.0 Å². The smallest absolute Gasteiger partial charge is 0.161 e. The van der Waals surface area contributed by atoms with Crippen LogP contribution in [0.5, 0.6) is 0 Å². The molecule has 0 saturated heterocycles. The van der Waals surface area contributed by atoms with Gasteiger partial charge in [0.25, 0.3) is 0 Å². The molecule has 2 fully saturated rings. The summed E-state index contributed by atoms with van der Waals surface area (Å²) in [7, 11) is 4.09. The zero-order valence-corrected chi connectivity index (χ0v) is 19.8. The van der Waals surface area contributed by atoms with Gasteiger partial charge < -0.3 is 10.0 Å². The van der Waals surface area contributed by atoms with Gasteiger partial charge >= 0.3 is 0 Å². The molecule has 2 saturated carbocycles. The fourth-order valence-corrected chi connectivity index (χ4v) is 7.55. The molecule has 0 radical (unpaired) electrons. The van der Waals surface area contributed by atoms with Crippen molar-refractivity contribution in [3.63, 3.8) is 0 Å². The lowest BCUT2D eigenvalue weighted by Gasteiger charge is -2.54. The average molecular weight is 434 g/mol. The molecule has 32 heavy (non-hydrogen) atoms. The van der Waals surface area contributed by atoms with E-state index >= 15 is 0 Å². The molecule has 5 atom stereocenters. The number of carbonyl (C=O) groups excluding carboxylic acids is 2. The van der Waals surface area contributed by atoms with Crippen LogP contribution in [0.1, 0.15) is 70.3 Å². The fourth-order valence-electron chi connectivity index (χ4n) is 7.55. The Morgan fingerprint density at radius 2 is 1.81 bits per heavy atom. The van der Waals surface area contributed by atoms with E-state index in [0.29, 0.717) is 24.7 Å². The summed E-state index contributed by atoms with van der Waals surface area (Å²) in [4.78, 5) is 27.0. The number of benzene rings is 1. The Morgan fingerprint density at radius 1 is 1.09 bits per heavy atom. The number of hydrogen-bond acceptors (Lipinski definition) is 4. The minimum atomic E-state index is -1.24. The van der Waals surface area contributed by atoms with Crippen molar-refractivity contribution < 1.29 is 14.7 Å². The van der Waals surface area contributed by atoms with E-state index in [-0.39, 0.29) is 17.5 Å². The largest absolute Gasteiger partial charge is 0.382 e. The van der Waals surface area contributed by atoms with E-state index in [1.165, 1.54) is 22.3 Å². The minimum Gasteiger partial charge on any atom is -0.382 e. The SMILES string of the molecule is CC(=O)[C@]1(O)CC[C@H]2[C@@H]3CCC4=CC(=O)CCC4=C3[C@@H](c3ccc(N(C)C)cc3)C[C@@]21C. The molecule has 1 aromatic rings. The van der Waals surface area contributed by atoms with Gasteiger partial charge in [0.05, 0.1) is 0 Å². The molecular formula is C28H35NO3. The summed E-state index contributed by atoms with van der Waals surface area (Å²) in [6, 6.07) is 8.78. The van der Waals surface area contributed by atoms with Gasteiger partial charge in [-0.15, -0.1) is 0 Å². The maximum Gasteiger partial charge on any atom is 0.161 e. The molecule has 0 aromatic heterocycles. The highest BCUT2D eigenvalue weighted by Gasteiger charge is 2.64. The third-order valence-corrected chi connectivity index (χ3v) is 9.28. The van der Waals surface area contributed by atoms with Crippen LogP contribution in [-0.2, 0) is 9.59 Å². The Bertz CT molecular complexity index is 1030. The van der Waals surface area contributed by atoms with Gasteiger partial charge in [0.2, 0.25) is 0 Å². The first-order valence-corrected chi connectivity index (χ1v) is 12.1. The predicted molar refractivity (Wildman–Crippen MR) is 127 cm³/mol. The Kier molecular flexibility index (Phi) is 5.01. The lowest BCUT2D eigenvalue weighted by molar-refractivity contribution is -0.152. The Balaban J connectivity index is 1.67. The van der Waals surface area contributed by atoms with Gasteiger partial charge in [0.1, 0.15) is 5.60 Å². The van der Waals surface area contributed by atoms with Crippen molar-refractivity contribution >= 4 is 17.3 Å². The van der Waals surface area contributed by atoms with Crippen molar-refractivity contribution in [2.75, 3.05) is 19.0 Å². The predicted octanol–water partition coefficient (Wildman–Crippen LogP) is 4.97. The maximum absolute atomic E-state index is 12.7.